The van der Waals surface area contributed by atoms with Crippen molar-refractivity contribution in [3.63, 3.8) is 0 Å². The van der Waals surface area contributed by atoms with Crippen LogP contribution >= 0.6 is 0 Å². The number of anilines is 1. The Morgan fingerprint density at radius 1 is 1.27 bits per heavy atom. The lowest BCUT2D eigenvalue weighted by atomic mass is 10.0. The van der Waals surface area contributed by atoms with Gasteiger partial charge in [0.15, 0.2) is 11.6 Å². The molecule has 0 saturated carbocycles. The molecule has 4 rings (SSSR count). The van der Waals surface area contributed by atoms with Crippen LogP contribution in [0, 0.1) is 17.1 Å². The van der Waals surface area contributed by atoms with E-state index in [1.54, 1.807) is 18.2 Å². The molecule has 2 heterocycles. The first-order chi connectivity index (χ1) is 14.6. The van der Waals surface area contributed by atoms with E-state index in [-0.39, 0.29) is 23.7 Å². The number of ether oxygens (including phenoxy) is 1. The van der Waals surface area contributed by atoms with E-state index in [1.165, 1.54) is 13.2 Å². The van der Waals surface area contributed by atoms with Crippen LogP contribution in [-0.4, -0.2) is 44.7 Å². The van der Waals surface area contributed by atoms with Gasteiger partial charge >= 0.3 is 0 Å². The normalized spacial score (nSPS) is 20.8. The minimum Gasteiger partial charge on any atom is -0.494 e. The van der Waals surface area contributed by atoms with Crippen molar-refractivity contribution in [1.82, 2.24) is 10.6 Å². The third kappa shape index (κ3) is 4.10. The number of methoxy groups -OCH3 is 1. The SMILES string of the molecule is COc1ccc(-c2ccc(N3CC[C@H](NC(=O)[C@@H]4CCCN4)C3)c(C#N)c2)cc1F. The quantitative estimate of drug-likeness (QED) is 0.796. The number of hydrogen-bond acceptors (Lipinski definition) is 5. The van der Waals surface area contributed by atoms with Gasteiger partial charge in [0, 0.05) is 19.1 Å². The Bertz CT molecular complexity index is 982. The van der Waals surface area contributed by atoms with Gasteiger partial charge in [-0.2, -0.15) is 5.26 Å². The molecule has 0 radical (unpaired) electrons. The first kappa shape index (κ1) is 20.2. The molecule has 2 fully saturated rings. The van der Waals surface area contributed by atoms with Gasteiger partial charge in [-0.05, 0) is 61.2 Å². The van der Waals surface area contributed by atoms with Gasteiger partial charge in [0.05, 0.1) is 24.4 Å². The topological polar surface area (TPSA) is 77.4 Å². The van der Waals surface area contributed by atoms with Gasteiger partial charge in [0.25, 0.3) is 0 Å². The van der Waals surface area contributed by atoms with Crippen molar-refractivity contribution in [2.45, 2.75) is 31.3 Å². The fourth-order valence-electron chi connectivity index (χ4n) is 4.23. The Hall–Kier alpha value is -3.11. The Morgan fingerprint density at radius 3 is 2.77 bits per heavy atom. The number of rotatable bonds is 5. The monoisotopic (exact) mass is 408 g/mol. The first-order valence-corrected chi connectivity index (χ1v) is 10.3. The maximum absolute atomic E-state index is 14.1. The summed E-state index contributed by atoms with van der Waals surface area (Å²) in [6, 6.07) is 12.6. The minimum atomic E-state index is -0.438. The zero-order valence-corrected chi connectivity index (χ0v) is 17.0. The predicted octanol–water partition coefficient (Wildman–Crippen LogP) is 2.82. The molecule has 7 heteroatoms. The second kappa shape index (κ2) is 8.72. The van der Waals surface area contributed by atoms with Gasteiger partial charge in [0.2, 0.25) is 5.91 Å². The molecule has 2 N–H and O–H groups in total. The zero-order chi connectivity index (χ0) is 21.1. The molecule has 2 aromatic carbocycles. The fraction of sp³-hybridized carbons (Fsp3) is 0.391. The molecule has 2 aliphatic heterocycles. The molecular formula is C23H25FN4O2. The third-order valence-electron chi connectivity index (χ3n) is 5.85. The number of nitrogens with one attached hydrogen (secondary N) is 2. The van der Waals surface area contributed by atoms with Crippen LogP contribution in [-0.2, 0) is 4.79 Å². The summed E-state index contributed by atoms with van der Waals surface area (Å²) >= 11 is 0. The van der Waals surface area contributed by atoms with E-state index < -0.39 is 5.82 Å². The molecule has 0 unspecified atom stereocenters. The molecule has 0 spiro atoms. The molecular weight excluding hydrogens is 383 g/mol. The second-order valence-electron chi connectivity index (χ2n) is 7.78. The number of carbonyl (C=O) groups excluding carboxylic acids is 1. The third-order valence-corrected chi connectivity index (χ3v) is 5.85. The molecule has 0 aliphatic carbocycles. The zero-order valence-electron chi connectivity index (χ0n) is 17.0. The van der Waals surface area contributed by atoms with E-state index in [0.717, 1.165) is 43.6 Å². The summed E-state index contributed by atoms with van der Waals surface area (Å²) in [7, 11) is 1.43. The molecule has 2 aromatic rings. The maximum Gasteiger partial charge on any atom is 0.237 e. The molecule has 2 atom stereocenters. The summed E-state index contributed by atoms with van der Waals surface area (Å²) in [5.41, 5.74) is 2.83. The summed E-state index contributed by atoms with van der Waals surface area (Å²) in [5, 5.41) is 16.0. The standard InChI is InChI=1S/C23H25FN4O2/c1-30-22-7-5-16(12-19(22)24)15-4-6-21(17(11-15)13-25)28-10-8-18(14-28)27-23(29)20-3-2-9-26-20/h4-7,11-12,18,20,26H,2-3,8-10,14H2,1H3,(H,27,29)/t18-,20-/m0/s1. The smallest absolute Gasteiger partial charge is 0.237 e. The lowest BCUT2D eigenvalue weighted by Crippen LogP contribution is -2.46. The van der Waals surface area contributed by atoms with Gasteiger partial charge in [-0.3, -0.25) is 4.79 Å². The number of benzene rings is 2. The van der Waals surface area contributed by atoms with E-state index in [2.05, 4.69) is 21.6 Å². The number of nitrogens with zero attached hydrogens (tertiary/aromatic N) is 2. The highest BCUT2D eigenvalue weighted by atomic mass is 19.1. The van der Waals surface area contributed by atoms with Crippen molar-refractivity contribution in [1.29, 1.82) is 5.26 Å². The number of amides is 1. The molecule has 0 bridgehead atoms. The van der Waals surface area contributed by atoms with Crippen molar-refractivity contribution in [2.75, 3.05) is 31.6 Å². The van der Waals surface area contributed by atoms with Gasteiger partial charge < -0.3 is 20.3 Å². The van der Waals surface area contributed by atoms with Gasteiger partial charge in [-0.25, -0.2) is 4.39 Å². The van der Waals surface area contributed by atoms with Crippen LogP contribution < -0.4 is 20.3 Å². The molecule has 2 aliphatic rings. The Labute approximate surface area is 175 Å². The highest BCUT2D eigenvalue weighted by Gasteiger charge is 2.29. The Balaban J connectivity index is 1.48. The van der Waals surface area contributed by atoms with Crippen molar-refractivity contribution in [3.05, 3.63) is 47.8 Å². The lowest BCUT2D eigenvalue weighted by Gasteiger charge is -2.21. The number of carbonyl (C=O) groups is 1. The predicted molar refractivity (Wildman–Crippen MR) is 113 cm³/mol. The van der Waals surface area contributed by atoms with Crippen molar-refractivity contribution >= 4 is 11.6 Å². The van der Waals surface area contributed by atoms with E-state index in [0.29, 0.717) is 17.7 Å². The fourth-order valence-corrected chi connectivity index (χ4v) is 4.23. The van der Waals surface area contributed by atoms with Crippen LogP contribution in [0.3, 0.4) is 0 Å². The summed E-state index contributed by atoms with van der Waals surface area (Å²) in [5.74, 6) is -0.182. The summed E-state index contributed by atoms with van der Waals surface area (Å²) < 4.78 is 19.0. The van der Waals surface area contributed by atoms with Crippen molar-refractivity contribution in [3.8, 4) is 22.9 Å². The number of hydrogen-bond donors (Lipinski definition) is 2. The molecule has 2 saturated heterocycles. The molecule has 156 valence electrons. The van der Waals surface area contributed by atoms with Crippen molar-refractivity contribution < 1.29 is 13.9 Å². The van der Waals surface area contributed by atoms with Gasteiger partial charge in [-0.15, -0.1) is 0 Å². The van der Waals surface area contributed by atoms with Crippen LogP contribution in [0.1, 0.15) is 24.8 Å². The van der Waals surface area contributed by atoms with E-state index in [4.69, 9.17) is 4.74 Å². The lowest BCUT2D eigenvalue weighted by molar-refractivity contribution is -0.123. The van der Waals surface area contributed by atoms with Crippen molar-refractivity contribution in [2.24, 2.45) is 0 Å². The Morgan fingerprint density at radius 2 is 2.07 bits per heavy atom. The summed E-state index contributed by atoms with van der Waals surface area (Å²) in [6.07, 6.45) is 2.76. The van der Waals surface area contributed by atoms with Crippen LogP contribution in [0.4, 0.5) is 10.1 Å². The van der Waals surface area contributed by atoms with Crippen LogP contribution in [0.2, 0.25) is 0 Å². The van der Waals surface area contributed by atoms with E-state index in [1.807, 2.05) is 12.1 Å². The Kier molecular flexibility index (Phi) is 5.86. The minimum absolute atomic E-state index is 0.0664. The van der Waals surface area contributed by atoms with Crippen LogP contribution in [0.15, 0.2) is 36.4 Å². The summed E-state index contributed by atoms with van der Waals surface area (Å²) in [6.45, 7) is 2.34. The maximum atomic E-state index is 14.1. The van der Waals surface area contributed by atoms with Crippen LogP contribution in [0.25, 0.3) is 11.1 Å². The number of halogens is 1. The summed E-state index contributed by atoms with van der Waals surface area (Å²) in [4.78, 5) is 14.5. The average Bonchev–Trinajstić information content (AvgIpc) is 3.45. The second-order valence-corrected chi connectivity index (χ2v) is 7.78. The molecule has 6 nitrogen and oxygen atoms in total. The highest BCUT2D eigenvalue weighted by Crippen LogP contribution is 2.31. The largest absolute Gasteiger partial charge is 0.494 e. The molecule has 0 aromatic heterocycles. The van der Waals surface area contributed by atoms with Crippen LogP contribution in [0.5, 0.6) is 5.75 Å². The van der Waals surface area contributed by atoms with Gasteiger partial charge in [-0.1, -0.05) is 12.1 Å². The van der Waals surface area contributed by atoms with E-state index >= 15 is 0 Å². The molecule has 30 heavy (non-hydrogen) atoms. The van der Waals surface area contributed by atoms with Gasteiger partial charge in [0.1, 0.15) is 6.07 Å². The average molecular weight is 408 g/mol. The van der Waals surface area contributed by atoms with E-state index in [9.17, 15) is 14.4 Å². The first-order valence-electron chi connectivity index (χ1n) is 10.3. The highest BCUT2D eigenvalue weighted by molar-refractivity contribution is 5.82. The molecule has 1 amide bonds. The number of nitriles is 1.